The molecule has 2 aromatic rings. The lowest BCUT2D eigenvalue weighted by Gasteiger charge is -2.10. The van der Waals surface area contributed by atoms with Crippen LogP contribution in [-0.2, 0) is 13.1 Å². The summed E-state index contributed by atoms with van der Waals surface area (Å²) in [6, 6.07) is 0.0234. The molecule has 0 saturated carbocycles. The van der Waals surface area contributed by atoms with Gasteiger partial charge in [-0.25, -0.2) is 9.97 Å². The van der Waals surface area contributed by atoms with Gasteiger partial charge in [0.1, 0.15) is 0 Å². The molecule has 15 heavy (non-hydrogen) atoms. The van der Waals surface area contributed by atoms with Crippen molar-refractivity contribution in [2.45, 2.75) is 26.1 Å². The molecule has 80 valence electrons. The smallest absolute Gasteiger partial charge is 0.0949 e. The Morgan fingerprint density at radius 1 is 1.33 bits per heavy atom. The van der Waals surface area contributed by atoms with Gasteiger partial charge in [-0.2, -0.15) is 0 Å². The Kier molecular flexibility index (Phi) is 2.82. The molecule has 2 rings (SSSR count). The summed E-state index contributed by atoms with van der Waals surface area (Å²) in [6.07, 6.45) is 9.17. The first-order valence-corrected chi connectivity index (χ1v) is 4.98. The van der Waals surface area contributed by atoms with Crippen LogP contribution in [0.4, 0.5) is 0 Å². The summed E-state index contributed by atoms with van der Waals surface area (Å²) in [4.78, 5) is 8.09. The third-order valence-electron chi connectivity index (χ3n) is 2.37. The lowest BCUT2D eigenvalue weighted by atomic mass is 10.3. The summed E-state index contributed by atoms with van der Waals surface area (Å²) in [5, 5.41) is 0. The van der Waals surface area contributed by atoms with Crippen molar-refractivity contribution in [3.05, 3.63) is 36.9 Å². The van der Waals surface area contributed by atoms with Gasteiger partial charge in [0.05, 0.1) is 18.3 Å². The predicted molar refractivity (Wildman–Crippen MR) is 57.1 cm³/mol. The molecule has 0 aromatic carbocycles. The van der Waals surface area contributed by atoms with Gasteiger partial charge in [0.15, 0.2) is 0 Å². The van der Waals surface area contributed by atoms with Crippen molar-refractivity contribution in [1.29, 1.82) is 0 Å². The van der Waals surface area contributed by atoms with E-state index in [1.54, 1.807) is 6.20 Å². The lowest BCUT2D eigenvalue weighted by molar-refractivity contribution is 0.548. The van der Waals surface area contributed by atoms with Crippen LogP contribution in [0.25, 0.3) is 0 Å². The van der Waals surface area contributed by atoms with Gasteiger partial charge in [-0.15, -0.1) is 0 Å². The number of hydrogen-bond acceptors (Lipinski definition) is 3. The zero-order valence-corrected chi connectivity index (χ0v) is 8.74. The molecule has 2 aromatic heterocycles. The third-order valence-corrected chi connectivity index (χ3v) is 2.37. The molecule has 2 heterocycles. The summed E-state index contributed by atoms with van der Waals surface area (Å²) in [5.74, 6) is 0. The fraction of sp³-hybridized carbons (Fsp3) is 0.400. The van der Waals surface area contributed by atoms with Crippen molar-refractivity contribution in [3.8, 4) is 0 Å². The Labute approximate surface area is 88.6 Å². The first-order valence-electron chi connectivity index (χ1n) is 4.98. The number of imidazole rings is 2. The van der Waals surface area contributed by atoms with Crippen molar-refractivity contribution >= 4 is 0 Å². The number of nitrogens with zero attached hydrogens (tertiary/aromatic N) is 4. The second-order valence-electron chi connectivity index (χ2n) is 3.60. The van der Waals surface area contributed by atoms with Crippen molar-refractivity contribution in [2.75, 3.05) is 0 Å². The van der Waals surface area contributed by atoms with Crippen LogP contribution in [0.1, 0.15) is 18.7 Å². The Morgan fingerprint density at radius 2 is 2.20 bits per heavy atom. The van der Waals surface area contributed by atoms with Crippen LogP contribution in [0.15, 0.2) is 31.2 Å². The molecule has 2 N–H and O–H groups in total. The van der Waals surface area contributed by atoms with E-state index in [0.29, 0.717) is 0 Å². The minimum absolute atomic E-state index is 0.0234. The molecule has 1 atom stereocenters. The first kappa shape index (κ1) is 9.92. The molecule has 0 unspecified atom stereocenters. The van der Waals surface area contributed by atoms with E-state index in [0.717, 1.165) is 18.8 Å². The van der Waals surface area contributed by atoms with Gasteiger partial charge in [-0.1, -0.05) is 0 Å². The maximum absolute atomic E-state index is 5.83. The van der Waals surface area contributed by atoms with Crippen LogP contribution in [0.2, 0.25) is 0 Å². The second-order valence-corrected chi connectivity index (χ2v) is 3.60. The molecule has 0 radical (unpaired) electrons. The van der Waals surface area contributed by atoms with Gasteiger partial charge in [0.2, 0.25) is 0 Å². The molecule has 0 saturated heterocycles. The number of hydrogen-bond donors (Lipinski definition) is 1. The Bertz CT molecular complexity index is 401. The average molecular weight is 205 g/mol. The van der Waals surface area contributed by atoms with Crippen LogP contribution >= 0.6 is 0 Å². The molecule has 0 bridgehead atoms. The molecule has 0 aliphatic rings. The van der Waals surface area contributed by atoms with E-state index in [-0.39, 0.29) is 6.04 Å². The van der Waals surface area contributed by atoms with E-state index in [1.165, 1.54) is 0 Å². The van der Waals surface area contributed by atoms with E-state index in [2.05, 4.69) is 14.5 Å². The van der Waals surface area contributed by atoms with E-state index in [9.17, 15) is 0 Å². The standard InChI is InChI=1S/C10H15N5/c1-9(11)10-6-13-8-15(10)5-4-14-3-2-12-7-14/h2-3,6-9H,4-5,11H2,1H3/t9-/m1/s1. The van der Waals surface area contributed by atoms with E-state index in [4.69, 9.17) is 5.73 Å². The zero-order chi connectivity index (χ0) is 10.7. The largest absolute Gasteiger partial charge is 0.336 e. The maximum atomic E-state index is 5.83. The number of nitrogens with two attached hydrogens (primary N) is 1. The van der Waals surface area contributed by atoms with Crippen molar-refractivity contribution < 1.29 is 0 Å². The minimum Gasteiger partial charge on any atom is -0.336 e. The Balaban J connectivity index is 2.02. The van der Waals surface area contributed by atoms with Gasteiger partial charge in [0.25, 0.3) is 0 Å². The van der Waals surface area contributed by atoms with E-state index in [1.807, 2.05) is 36.5 Å². The van der Waals surface area contributed by atoms with Crippen LogP contribution < -0.4 is 5.73 Å². The Morgan fingerprint density at radius 3 is 2.87 bits per heavy atom. The molecule has 0 aliphatic carbocycles. The highest BCUT2D eigenvalue weighted by atomic mass is 15.1. The SMILES string of the molecule is C[C@@H](N)c1cncn1CCn1ccnc1. The Hall–Kier alpha value is -1.62. The molecular formula is C10H15N5. The van der Waals surface area contributed by atoms with Crippen LogP contribution in [0, 0.1) is 0 Å². The molecule has 5 nitrogen and oxygen atoms in total. The molecule has 0 spiro atoms. The molecule has 0 fully saturated rings. The van der Waals surface area contributed by atoms with E-state index >= 15 is 0 Å². The van der Waals surface area contributed by atoms with Crippen LogP contribution in [0.3, 0.4) is 0 Å². The summed E-state index contributed by atoms with van der Waals surface area (Å²) >= 11 is 0. The van der Waals surface area contributed by atoms with Gasteiger partial charge in [0, 0.05) is 37.7 Å². The normalized spacial score (nSPS) is 12.9. The summed E-state index contributed by atoms with van der Waals surface area (Å²) in [7, 11) is 0. The number of aromatic nitrogens is 4. The minimum atomic E-state index is 0.0234. The highest BCUT2D eigenvalue weighted by Crippen LogP contribution is 2.08. The summed E-state index contributed by atoms with van der Waals surface area (Å²) in [5.41, 5.74) is 6.89. The van der Waals surface area contributed by atoms with Crippen molar-refractivity contribution in [2.24, 2.45) is 5.73 Å². The monoisotopic (exact) mass is 205 g/mol. The summed E-state index contributed by atoms with van der Waals surface area (Å²) in [6.45, 7) is 3.72. The molecule has 5 heteroatoms. The van der Waals surface area contributed by atoms with E-state index < -0.39 is 0 Å². The van der Waals surface area contributed by atoms with Gasteiger partial charge in [-0.3, -0.25) is 0 Å². The average Bonchev–Trinajstić information content (AvgIpc) is 2.86. The van der Waals surface area contributed by atoms with Crippen LogP contribution in [-0.4, -0.2) is 19.1 Å². The predicted octanol–water partition coefficient (Wildman–Crippen LogP) is 0.799. The van der Waals surface area contributed by atoms with Crippen LogP contribution in [0.5, 0.6) is 0 Å². The fourth-order valence-electron chi connectivity index (χ4n) is 1.54. The highest BCUT2D eigenvalue weighted by Gasteiger charge is 2.05. The first-order chi connectivity index (χ1) is 7.27. The van der Waals surface area contributed by atoms with Gasteiger partial charge >= 0.3 is 0 Å². The maximum Gasteiger partial charge on any atom is 0.0949 e. The second kappa shape index (κ2) is 4.27. The molecular weight excluding hydrogens is 190 g/mol. The topological polar surface area (TPSA) is 61.7 Å². The summed E-state index contributed by atoms with van der Waals surface area (Å²) < 4.78 is 4.11. The van der Waals surface area contributed by atoms with Crippen molar-refractivity contribution in [1.82, 2.24) is 19.1 Å². The number of aryl methyl sites for hydroxylation is 2. The van der Waals surface area contributed by atoms with Gasteiger partial charge in [-0.05, 0) is 6.92 Å². The fourth-order valence-corrected chi connectivity index (χ4v) is 1.54. The molecule has 0 aliphatic heterocycles. The molecule has 0 amide bonds. The third kappa shape index (κ3) is 2.24. The quantitative estimate of drug-likeness (QED) is 0.803. The van der Waals surface area contributed by atoms with Crippen molar-refractivity contribution in [3.63, 3.8) is 0 Å². The van der Waals surface area contributed by atoms with Gasteiger partial charge < -0.3 is 14.9 Å². The lowest BCUT2D eigenvalue weighted by Crippen LogP contribution is -2.14. The number of rotatable bonds is 4. The zero-order valence-electron chi connectivity index (χ0n) is 8.74. The highest BCUT2D eigenvalue weighted by molar-refractivity contribution is 5.02.